The van der Waals surface area contributed by atoms with Crippen molar-refractivity contribution in [3.63, 3.8) is 0 Å². The van der Waals surface area contributed by atoms with Crippen LogP contribution in [0, 0.1) is 0 Å². The Labute approximate surface area is 109 Å². The molecular formula is C12H14N4O3. The maximum atomic E-state index is 11.4. The maximum Gasteiger partial charge on any atom is 0.352 e. The molecule has 0 radical (unpaired) electrons. The van der Waals surface area contributed by atoms with Crippen molar-refractivity contribution in [3.8, 4) is 0 Å². The number of aromatic nitrogens is 4. The highest BCUT2D eigenvalue weighted by molar-refractivity contribution is 5.97. The number of nitrogens with zero attached hydrogens (tertiary/aromatic N) is 4. The lowest BCUT2D eigenvalue weighted by molar-refractivity contribution is 0.0683. The smallest absolute Gasteiger partial charge is 0.352 e. The number of hydrogen-bond donors (Lipinski definition) is 1. The molecule has 0 aliphatic carbocycles. The number of carboxylic acid groups (broad SMARTS) is 1. The van der Waals surface area contributed by atoms with Crippen molar-refractivity contribution in [3.05, 3.63) is 35.7 Å². The van der Waals surface area contributed by atoms with E-state index in [4.69, 9.17) is 0 Å². The monoisotopic (exact) mass is 262 g/mol. The van der Waals surface area contributed by atoms with Crippen LogP contribution in [0.15, 0.2) is 18.6 Å². The third-order valence-corrected chi connectivity index (χ3v) is 3.01. The zero-order chi connectivity index (χ0) is 14.2. The minimum atomic E-state index is -1.08. The number of Topliss-reactive ketones (excluding diaryl/α,β-unsaturated/α-hetero) is 1. The Kier molecular flexibility index (Phi) is 3.20. The lowest BCUT2D eigenvalue weighted by Crippen LogP contribution is -2.16. The summed E-state index contributed by atoms with van der Waals surface area (Å²) >= 11 is 0. The molecule has 2 aromatic heterocycles. The molecule has 0 aliphatic heterocycles. The van der Waals surface area contributed by atoms with Gasteiger partial charge in [0.2, 0.25) is 0 Å². The summed E-state index contributed by atoms with van der Waals surface area (Å²) in [5.74, 6) is -0.638. The van der Waals surface area contributed by atoms with E-state index in [1.54, 1.807) is 24.9 Å². The fourth-order valence-electron chi connectivity index (χ4n) is 1.96. The standard InChI is InChI=1S/C12H14N4O3/c1-7(11-14-13-6-15(11)3)16-5-9(8(2)17)4-10(16)12(18)19/h4-7H,1-3H3,(H,18,19). The highest BCUT2D eigenvalue weighted by Crippen LogP contribution is 2.20. The van der Waals surface area contributed by atoms with Gasteiger partial charge in [-0.25, -0.2) is 4.79 Å². The Morgan fingerprint density at radius 1 is 1.42 bits per heavy atom. The molecule has 19 heavy (non-hydrogen) atoms. The Morgan fingerprint density at radius 2 is 2.11 bits per heavy atom. The Morgan fingerprint density at radius 3 is 2.58 bits per heavy atom. The summed E-state index contributed by atoms with van der Waals surface area (Å²) in [5, 5.41) is 16.9. The number of carboxylic acids is 1. The van der Waals surface area contributed by atoms with Crippen LogP contribution in [0.25, 0.3) is 0 Å². The number of carbonyl (C=O) groups excluding carboxylic acids is 1. The van der Waals surface area contributed by atoms with Gasteiger partial charge in [0.25, 0.3) is 0 Å². The molecule has 1 unspecified atom stereocenters. The molecule has 2 aromatic rings. The quantitative estimate of drug-likeness (QED) is 0.834. The molecule has 0 saturated carbocycles. The van der Waals surface area contributed by atoms with Gasteiger partial charge < -0.3 is 14.2 Å². The van der Waals surface area contributed by atoms with Crippen LogP contribution in [-0.2, 0) is 7.05 Å². The van der Waals surface area contributed by atoms with Crippen molar-refractivity contribution < 1.29 is 14.7 Å². The van der Waals surface area contributed by atoms with Crippen LogP contribution in [-0.4, -0.2) is 36.2 Å². The number of aromatic carboxylic acids is 1. The van der Waals surface area contributed by atoms with Crippen molar-refractivity contribution in [2.45, 2.75) is 19.9 Å². The van der Waals surface area contributed by atoms with E-state index in [0.29, 0.717) is 11.4 Å². The second-order valence-electron chi connectivity index (χ2n) is 4.36. The van der Waals surface area contributed by atoms with Crippen molar-refractivity contribution in [1.29, 1.82) is 0 Å². The molecule has 7 nitrogen and oxygen atoms in total. The van der Waals surface area contributed by atoms with Gasteiger partial charge in [0, 0.05) is 18.8 Å². The van der Waals surface area contributed by atoms with Crippen LogP contribution < -0.4 is 0 Å². The molecule has 100 valence electrons. The Hall–Kier alpha value is -2.44. The molecule has 0 fully saturated rings. The van der Waals surface area contributed by atoms with Gasteiger partial charge >= 0.3 is 5.97 Å². The first-order chi connectivity index (χ1) is 8.91. The molecule has 1 N–H and O–H groups in total. The van der Waals surface area contributed by atoms with E-state index >= 15 is 0 Å². The summed E-state index contributed by atoms with van der Waals surface area (Å²) in [5.41, 5.74) is 0.423. The van der Waals surface area contributed by atoms with Gasteiger partial charge in [-0.2, -0.15) is 0 Å². The van der Waals surface area contributed by atoms with Gasteiger partial charge in [0.05, 0.1) is 6.04 Å². The lowest BCUT2D eigenvalue weighted by atomic mass is 10.2. The summed E-state index contributed by atoms with van der Waals surface area (Å²) in [6.07, 6.45) is 3.08. The molecule has 2 heterocycles. The topological polar surface area (TPSA) is 90.0 Å². The second-order valence-corrected chi connectivity index (χ2v) is 4.36. The van der Waals surface area contributed by atoms with Gasteiger partial charge in [-0.15, -0.1) is 10.2 Å². The lowest BCUT2D eigenvalue weighted by Gasteiger charge is -2.14. The number of hydrogen-bond acceptors (Lipinski definition) is 4. The van der Waals surface area contributed by atoms with Crippen LogP contribution in [0.5, 0.6) is 0 Å². The van der Waals surface area contributed by atoms with Crippen LogP contribution in [0.3, 0.4) is 0 Å². The molecule has 2 rings (SSSR count). The predicted molar refractivity (Wildman–Crippen MR) is 66.2 cm³/mol. The first-order valence-corrected chi connectivity index (χ1v) is 5.71. The maximum absolute atomic E-state index is 11.4. The highest BCUT2D eigenvalue weighted by atomic mass is 16.4. The molecule has 0 bridgehead atoms. The highest BCUT2D eigenvalue weighted by Gasteiger charge is 2.21. The molecule has 0 saturated heterocycles. The summed E-state index contributed by atoms with van der Waals surface area (Å²) in [4.78, 5) is 22.6. The van der Waals surface area contributed by atoms with E-state index in [1.807, 2.05) is 0 Å². The summed E-state index contributed by atoms with van der Waals surface area (Å²) in [6.45, 7) is 3.21. The third kappa shape index (κ3) is 2.26. The SMILES string of the molecule is CC(=O)c1cc(C(=O)O)n(C(C)c2nncn2C)c1. The van der Waals surface area contributed by atoms with Crippen LogP contribution >= 0.6 is 0 Å². The average Bonchev–Trinajstić information content (AvgIpc) is 2.93. The third-order valence-electron chi connectivity index (χ3n) is 3.01. The summed E-state index contributed by atoms with van der Waals surface area (Å²) < 4.78 is 3.23. The Bertz CT molecular complexity index is 641. The first kappa shape index (κ1) is 13.0. The van der Waals surface area contributed by atoms with Crippen LogP contribution in [0.2, 0.25) is 0 Å². The molecule has 0 aromatic carbocycles. The average molecular weight is 262 g/mol. The number of ketones is 1. The number of carbonyl (C=O) groups is 2. The van der Waals surface area contributed by atoms with Crippen molar-refractivity contribution >= 4 is 11.8 Å². The zero-order valence-corrected chi connectivity index (χ0v) is 10.9. The van der Waals surface area contributed by atoms with Crippen LogP contribution in [0.1, 0.15) is 46.6 Å². The van der Waals surface area contributed by atoms with Gasteiger partial charge in [0.15, 0.2) is 11.6 Å². The van der Waals surface area contributed by atoms with Gasteiger partial charge in [-0.05, 0) is 19.9 Å². The van der Waals surface area contributed by atoms with E-state index in [2.05, 4.69) is 10.2 Å². The molecular weight excluding hydrogens is 248 g/mol. The van der Waals surface area contributed by atoms with Gasteiger partial charge in [-0.3, -0.25) is 4.79 Å². The Balaban J connectivity index is 2.52. The molecule has 0 aliphatic rings. The fraction of sp³-hybridized carbons (Fsp3) is 0.333. The van der Waals surface area contributed by atoms with E-state index in [1.165, 1.54) is 23.8 Å². The zero-order valence-electron chi connectivity index (χ0n) is 10.9. The molecule has 0 amide bonds. The fourth-order valence-corrected chi connectivity index (χ4v) is 1.96. The summed E-state index contributed by atoms with van der Waals surface area (Å²) in [6, 6.07) is 1.05. The second kappa shape index (κ2) is 4.68. The van der Waals surface area contributed by atoms with Gasteiger partial charge in [-0.1, -0.05) is 0 Å². The summed E-state index contributed by atoms with van der Waals surface area (Å²) in [7, 11) is 1.78. The minimum absolute atomic E-state index is 0.0562. The van der Waals surface area contributed by atoms with Crippen molar-refractivity contribution in [1.82, 2.24) is 19.3 Å². The largest absolute Gasteiger partial charge is 0.477 e. The van der Waals surface area contributed by atoms with Crippen molar-refractivity contribution in [2.75, 3.05) is 0 Å². The number of rotatable bonds is 4. The molecule has 7 heteroatoms. The minimum Gasteiger partial charge on any atom is -0.477 e. The predicted octanol–water partition coefficient (Wildman–Crippen LogP) is 1.13. The first-order valence-electron chi connectivity index (χ1n) is 5.71. The van der Waals surface area contributed by atoms with Crippen molar-refractivity contribution in [2.24, 2.45) is 7.05 Å². The van der Waals surface area contributed by atoms with E-state index in [0.717, 1.165) is 0 Å². The normalized spacial score (nSPS) is 12.4. The van der Waals surface area contributed by atoms with Gasteiger partial charge in [0.1, 0.15) is 12.0 Å². The van der Waals surface area contributed by atoms with E-state index < -0.39 is 5.97 Å². The molecule has 0 spiro atoms. The van der Waals surface area contributed by atoms with E-state index in [-0.39, 0.29) is 17.5 Å². The van der Waals surface area contributed by atoms with E-state index in [9.17, 15) is 14.7 Å². The van der Waals surface area contributed by atoms with Crippen LogP contribution in [0.4, 0.5) is 0 Å². The number of aryl methyl sites for hydroxylation is 1. The molecule has 1 atom stereocenters.